The van der Waals surface area contributed by atoms with E-state index in [0.29, 0.717) is 24.5 Å². The van der Waals surface area contributed by atoms with Crippen LogP contribution in [0, 0.1) is 0 Å². The van der Waals surface area contributed by atoms with Gasteiger partial charge in [-0.3, -0.25) is 0 Å². The van der Waals surface area contributed by atoms with Gasteiger partial charge in [0.15, 0.2) is 0 Å². The van der Waals surface area contributed by atoms with Crippen LogP contribution in [0.5, 0.6) is 0 Å². The maximum atomic E-state index is 5.85. The molecule has 0 saturated carbocycles. The third kappa shape index (κ3) is 3.62. The van der Waals surface area contributed by atoms with E-state index in [0.717, 1.165) is 6.42 Å². The zero-order chi connectivity index (χ0) is 12.0. The molecule has 3 N–H and O–H groups in total. The van der Waals surface area contributed by atoms with Gasteiger partial charge in [0.1, 0.15) is 0 Å². The molecule has 1 aromatic carbocycles. The van der Waals surface area contributed by atoms with E-state index in [9.17, 15) is 0 Å². The zero-order valence-corrected chi connectivity index (χ0v) is 10.6. The van der Waals surface area contributed by atoms with Gasteiger partial charge in [-0.05, 0) is 24.8 Å². The summed E-state index contributed by atoms with van der Waals surface area (Å²) in [5, 5.41) is 3.59. The Balaban J connectivity index is 2.66. The van der Waals surface area contributed by atoms with E-state index in [1.807, 2.05) is 0 Å². The molecule has 2 heteroatoms. The molecule has 0 fully saturated rings. The van der Waals surface area contributed by atoms with Crippen LogP contribution in [-0.2, 0) is 0 Å². The van der Waals surface area contributed by atoms with Crippen molar-refractivity contribution in [3.63, 3.8) is 0 Å². The fourth-order valence-electron chi connectivity index (χ4n) is 1.89. The Labute approximate surface area is 99.2 Å². The second kappa shape index (κ2) is 6.66. The molecular formula is C14H24N2. The van der Waals surface area contributed by atoms with E-state index in [1.54, 1.807) is 0 Å². The Morgan fingerprint density at radius 3 is 2.31 bits per heavy atom. The minimum atomic E-state index is 0.359. The molecule has 0 bridgehead atoms. The van der Waals surface area contributed by atoms with Crippen molar-refractivity contribution in [2.24, 2.45) is 5.73 Å². The quantitative estimate of drug-likeness (QED) is 0.773. The molecule has 1 aromatic rings. The van der Waals surface area contributed by atoms with E-state index < -0.39 is 0 Å². The van der Waals surface area contributed by atoms with Crippen LogP contribution >= 0.6 is 0 Å². The smallest absolute Gasteiger partial charge is 0.0258 e. The molecule has 0 aromatic heterocycles. The number of hydrogen-bond acceptors (Lipinski definition) is 2. The van der Waals surface area contributed by atoms with Crippen LogP contribution in [0.4, 0.5) is 0 Å². The van der Waals surface area contributed by atoms with Crippen LogP contribution in [0.1, 0.15) is 38.7 Å². The summed E-state index contributed by atoms with van der Waals surface area (Å²) in [5.41, 5.74) is 7.21. The fourth-order valence-corrected chi connectivity index (χ4v) is 1.89. The highest BCUT2D eigenvalue weighted by Crippen LogP contribution is 2.18. The average molecular weight is 220 g/mol. The summed E-state index contributed by atoms with van der Waals surface area (Å²) in [6, 6.07) is 11.5. The minimum Gasteiger partial charge on any atom is -0.329 e. The van der Waals surface area contributed by atoms with E-state index >= 15 is 0 Å². The predicted molar refractivity (Wildman–Crippen MR) is 70.6 cm³/mol. The standard InChI is InChI=1S/C14H24N2/c1-4-11(2)16-14(10-15)12(3)13-8-6-5-7-9-13/h5-9,11-12,14,16H,4,10,15H2,1-3H3. The van der Waals surface area contributed by atoms with Gasteiger partial charge in [0.25, 0.3) is 0 Å². The second-order valence-corrected chi connectivity index (χ2v) is 4.52. The molecule has 0 aliphatic rings. The van der Waals surface area contributed by atoms with Crippen LogP contribution < -0.4 is 11.1 Å². The molecule has 0 spiro atoms. The van der Waals surface area contributed by atoms with Gasteiger partial charge in [0.05, 0.1) is 0 Å². The largest absolute Gasteiger partial charge is 0.329 e. The molecule has 3 unspecified atom stereocenters. The topological polar surface area (TPSA) is 38.0 Å². The van der Waals surface area contributed by atoms with E-state index in [-0.39, 0.29) is 0 Å². The van der Waals surface area contributed by atoms with Gasteiger partial charge in [-0.25, -0.2) is 0 Å². The van der Waals surface area contributed by atoms with E-state index in [1.165, 1.54) is 5.56 Å². The number of nitrogens with one attached hydrogen (secondary N) is 1. The van der Waals surface area contributed by atoms with Crippen molar-refractivity contribution in [3.05, 3.63) is 35.9 Å². The minimum absolute atomic E-state index is 0.359. The summed E-state index contributed by atoms with van der Waals surface area (Å²) in [4.78, 5) is 0. The van der Waals surface area contributed by atoms with Gasteiger partial charge >= 0.3 is 0 Å². The monoisotopic (exact) mass is 220 g/mol. The van der Waals surface area contributed by atoms with Crippen molar-refractivity contribution < 1.29 is 0 Å². The Kier molecular flexibility index (Phi) is 5.50. The molecule has 0 amide bonds. The van der Waals surface area contributed by atoms with Crippen molar-refractivity contribution in [1.82, 2.24) is 5.32 Å². The molecule has 0 heterocycles. The highest BCUT2D eigenvalue weighted by molar-refractivity contribution is 5.20. The second-order valence-electron chi connectivity index (χ2n) is 4.52. The van der Waals surface area contributed by atoms with Gasteiger partial charge in [0, 0.05) is 18.6 Å². The normalized spacial score (nSPS) is 16.8. The van der Waals surface area contributed by atoms with Crippen LogP contribution in [0.15, 0.2) is 30.3 Å². The summed E-state index contributed by atoms with van der Waals surface area (Å²) in [7, 11) is 0. The number of rotatable bonds is 6. The van der Waals surface area contributed by atoms with Crippen molar-refractivity contribution in [2.75, 3.05) is 6.54 Å². The van der Waals surface area contributed by atoms with Crippen LogP contribution in [0.25, 0.3) is 0 Å². The Morgan fingerprint density at radius 2 is 1.81 bits per heavy atom. The summed E-state index contributed by atoms with van der Waals surface area (Å²) in [5.74, 6) is 0.459. The lowest BCUT2D eigenvalue weighted by Crippen LogP contribution is -2.44. The van der Waals surface area contributed by atoms with Crippen molar-refractivity contribution >= 4 is 0 Å². The van der Waals surface area contributed by atoms with Crippen LogP contribution in [0.3, 0.4) is 0 Å². The molecule has 0 aliphatic carbocycles. The number of hydrogen-bond donors (Lipinski definition) is 2. The number of nitrogens with two attached hydrogens (primary N) is 1. The third-order valence-electron chi connectivity index (χ3n) is 3.29. The first-order valence-electron chi connectivity index (χ1n) is 6.20. The number of benzene rings is 1. The molecular weight excluding hydrogens is 196 g/mol. The molecule has 16 heavy (non-hydrogen) atoms. The Morgan fingerprint density at radius 1 is 1.19 bits per heavy atom. The lowest BCUT2D eigenvalue weighted by molar-refractivity contribution is 0.399. The predicted octanol–water partition coefficient (Wildman–Crippen LogP) is 2.51. The van der Waals surface area contributed by atoms with Gasteiger partial charge < -0.3 is 11.1 Å². The third-order valence-corrected chi connectivity index (χ3v) is 3.29. The Hall–Kier alpha value is -0.860. The van der Waals surface area contributed by atoms with E-state index in [4.69, 9.17) is 5.73 Å². The molecule has 90 valence electrons. The molecule has 0 saturated heterocycles. The summed E-state index contributed by atoms with van der Waals surface area (Å²) in [6.07, 6.45) is 1.14. The van der Waals surface area contributed by atoms with Crippen LogP contribution in [-0.4, -0.2) is 18.6 Å². The molecule has 0 radical (unpaired) electrons. The molecule has 2 nitrogen and oxygen atoms in total. The van der Waals surface area contributed by atoms with Crippen molar-refractivity contribution in [1.29, 1.82) is 0 Å². The van der Waals surface area contributed by atoms with Crippen LogP contribution in [0.2, 0.25) is 0 Å². The van der Waals surface area contributed by atoms with Gasteiger partial charge in [0.2, 0.25) is 0 Å². The van der Waals surface area contributed by atoms with Gasteiger partial charge in [-0.2, -0.15) is 0 Å². The van der Waals surface area contributed by atoms with Gasteiger partial charge in [-0.15, -0.1) is 0 Å². The summed E-state index contributed by atoms with van der Waals surface area (Å²) < 4.78 is 0. The van der Waals surface area contributed by atoms with Crippen molar-refractivity contribution in [3.8, 4) is 0 Å². The maximum absolute atomic E-state index is 5.85. The van der Waals surface area contributed by atoms with E-state index in [2.05, 4.69) is 56.4 Å². The molecule has 0 aliphatic heterocycles. The first kappa shape index (κ1) is 13.2. The van der Waals surface area contributed by atoms with Gasteiger partial charge in [-0.1, -0.05) is 44.2 Å². The summed E-state index contributed by atoms with van der Waals surface area (Å²) >= 11 is 0. The lowest BCUT2D eigenvalue weighted by Gasteiger charge is -2.27. The highest BCUT2D eigenvalue weighted by atomic mass is 15.0. The Bertz CT molecular complexity index is 284. The molecule has 3 atom stereocenters. The lowest BCUT2D eigenvalue weighted by atomic mass is 9.92. The first-order valence-corrected chi connectivity index (χ1v) is 6.20. The molecule has 1 rings (SSSR count). The average Bonchev–Trinajstić information content (AvgIpc) is 2.35. The maximum Gasteiger partial charge on any atom is 0.0258 e. The highest BCUT2D eigenvalue weighted by Gasteiger charge is 2.18. The summed E-state index contributed by atoms with van der Waals surface area (Å²) in [6.45, 7) is 7.32. The van der Waals surface area contributed by atoms with Crippen molar-refractivity contribution in [2.45, 2.75) is 45.2 Å². The SMILES string of the molecule is CCC(C)NC(CN)C(C)c1ccccc1. The zero-order valence-electron chi connectivity index (χ0n) is 10.6. The first-order chi connectivity index (χ1) is 7.69. The fraction of sp³-hybridized carbons (Fsp3) is 0.571.